The molecule has 0 saturated carbocycles. The van der Waals surface area contributed by atoms with E-state index < -0.39 is 6.09 Å². The lowest BCUT2D eigenvalue weighted by molar-refractivity contribution is -0.153. The molecule has 2 aromatic rings. The average Bonchev–Trinajstić information content (AvgIpc) is 3.19. The zero-order valence-electron chi connectivity index (χ0n) is 19.1. The number of anilines is 1. The molecule has 1 fully saturated rings. The molecule has 0 aromatic heterocycles. The first-order valence-corrected chi connectivity index (χ1v) is 12.1. The van der Waals surface area contributed by atoms with E-state index in [9.17, 15) is 4.79 Å². The second kappa shape index (κ2) is 9.17. The number of carbonyl (C=O) groups excluding carboxylic acids is 1. The minimum Gasteiger partial charge on any atom is -0.351 e. The van der Waals surface area contributed by atoms with Crippen LogP contribution in [0.5, 0.6) is 0 Å². The Kier molecular flexibility index (Phi) is 6.51. The molecule has 0 atom stereocenters. The lowest BCUT2D eigenvalue weighted by atomic mass is 9.86. The molecule has 1 spiro atoms. The van der Waals surface area contributed by atoms with Gasteiger partial charge in [0.1, 0.15) is 5.60 Å². The van der Waals surface area contributed by atoms with E-state index in [1.165, 1.54) is 5.56 Å². The number of carbonyl (C=O) groups is 1. The third-order valence-electron chi connectivity index (χ3n) is 5.95. The monoisotopic (exact) mass is 453 g/mol. The van der Waals surface area contributed by atoms with Gasteiger partial charge in [-0.3, -0.25) is 15.6 Å². The Hall–Kier alpha value is -2.48. The molecule has 0 unspecified atom stereocenters. The Labute approximate surface area is 194 Å². The molecular formula is C25H31N3O3S. The lowest BCUT2D eigenvalue weighted by Gasteiger charge is -2.35. The van der Waals surface area contributed by atoms with Gasteiger partial charge in [-0.05, 0) is 66.0 Å². The highest BCUT2D eigenvalue weighted by Crippen LogP contribution is 2.35. The predicted molar refractivity (Wildman–Crippen MR) is 129 cm³/mol. The number of nitrogens with one attached hydrogen (secondary N) is 2. The number of benzene rings is 2. The minimum atomic E-state index is -0.474. The summed E-state index contributed by atoms with van der Waals surface area (Å²) in [6.45, 7) is 7.85. The van der Waals surface area contributed by atoms with Gasteiger partial charge in [0.25, 0.3) is 0 Å². The van der Waals surface area contributed by atoms with Crippen molar-refractivity contribution in [3.63, 3.8) is 0 Å². The van der Waals surface area contributed by atoms with E-state index in [0.717, 1.165) is 34.7 Å². The largest absolute Gasteiger partial charge is 0.430 e. The van der Waals surface area contributed by atoms with Crippen molar-refractivity contribution in [1.29, 1.82) is 0 Å². The Morgan fingerprint density at radius 1 is 1.09 bits per heavy atom. The van der Waals surface area contributed by atoms with Crippen molar-refractivity contribution in [2.75, 3.05) is 24.7 Å². The number of piperidine rings is 1. The number of amides is 1. The number of hydrogen-bond acceptors (Lipinski definition) is 6. The predicted octanol–water partition coefficient (Wildman–Crippen LogP) is 5.58. The Morgan fingerprint density at radius 3 is 2.34 bits per heavy atom. The summed E-state index contributed by atoms with van der Waals surface area (Å²) >= 11 is 1.66. The molecule has 2 heterocycles. The molecule has 2 N–H and O–H groups in total. The van der Waals surface area contributed by atoms with Crippen molar-refractivity contribution >= 4 is 29.2 Å². The van der Waals surface area contributed by atoms with Crippen LogP contribution in [0.25, 0.3) is 5.70 Å². The lowest BCUT2D eigenvalue weighted by Crippen LogP contribution is -2.45. The van der Waals surface area contributed by atoms with E-state index in [1.807, 2.05) is 30.5 Å². The van der Waals surface area contributed by atoms with Gasteiger partial charge in [0, 0.05) is 23.7 Å². The second-order valence-corrected chi connectivity index (χ2v) is 10.2. The van der Waals surface area contributed by atoms with Crippen LogP contribution < -0.4 is 10.8 Å². The zero-order valence-corrected chi connectivity index (χ0v) is 19.9. The summed E-state index contributed by atoms with van der Waals surface area (Å²) in [5, 5.41) is 4.48. The van der Waals surface area contributed by atoms with Gasteiger partial charge in [-0.2, -0.15) is 0 Å². The third-order valence-corrected chi connectivity index (χ3v) is 6.69. The summed E-state index contributed by atoms with van der Waals surface area (Å²) in [7, 11) is 0. The first-order valence-electron chi connectivity index (χ1n) is 10.9. The van der Waals surface area contributed by atoms with Crippen LogP contribution in [0.15, 0.2) is 59.5 Å². The standard InChI is InChI=1S/C25H31N3O3S/c1-24(2,3)19-7-5-18(6-8-19)22-17-25(31-27-22)13-15-28(16-14-25)30-23(29)26-20-9-11-21(32-4)12-10-20/h5-12,17,27H,13-16H2,1-4H3,(H,26,29). The molecule has 6 nitrogen and oxygen atoms in total. The van der Waals surface area contributed by atoms with Gasteiger partial charge in [-0.1, -0.05) is 45.0 Å². The highest BCUT2D eigenvalue weighted by Gasteiger charge is 2.39. The highest BCUT2D eigenvalue weighted by atomic mass is 32.2. The molecule has 32 heavy (non-hydrogen) atoms. The fraction of sp³-hybridized carbons (Fsp3) is 0.400. The van der Waals surface area contributed by atoms with Crippen LogP contribution in [-0.2, 0) is 15.1 Å². The van der Waals surface area contributed by atoms with Crippen molar-refractivity contribution in [2.24, 2.45) is 0 Å². The van der Waals surface area contributed by atoms with E-state index in [0.29, 0.717) is 13.1 Å². The van der Waals surface area contributed by atoms with Crippen LogP contribution >= 0.6 is 11.8 Å². The van der Waals surface area contributed by atoms with Crippen LogP contribution in [0.2, 0.25) is 0 Å². The van der Waals surface area contributed by atoms with Crippen LogP contribution in [0.3, 0.4) is 0 Å². The molecule has 2 aliphatic heterocycles. The minimum absolute atomic E-state index is 0.130. The van der Waals surface area contributed by atoms with Gasteiger partial charge >= 0.3 is 6.09 Å². The van der Waals surface area contributed by atoms with Crippen molar-refractivity contribution in [3.05, 3.63) is 65.7 Å². The molecule has 170 valence electrons. The Bertz CT molecular complexity index is 973. The topological polar surface area (TPSA) is 62.8 Å². The summed E-state index contributed by atoms with van der Waals surface area (Å²) < 4.78 is 0. The van der Waals surface area contributed by atoms with Gasteiger partial charge in [0.15, 0.2) is 0 Å². The van der Waals surface area contributed by atoms with E-state index in [2.05, 4.69) is 61.9 Å². The van der Waals surface area contributed by atoms with Crippen molar-refractivity contribution in [3.8, 4) is 0 Å². The molecule has 2 aliphatic rings. The Morgan fingerprint density at radius 2 is 1.75 bits per heavy atom. The number of rotatable bonds is 4. The molecule has 0 aliphatic carbocycles. The fourth-order valence-electron chi connectivity index (χ4n) is 3.91. The van der Waals surface area contributed by atoms with Crippen molar-refractivity contribution in [1.82, 2.24) is 10.5 Å². The maximum absolute atomic E-state index is 12.2. The fourth-order valence-corrected chi connectivity index (χ4v) is 4.31. The van der Waals surface area contributed by atoms with Crippen LogP contribution in [0.4, 0.5) is 10.5 Å². The molecule has 4 rings (SSSR count). The average molecular weight is 454 g/mol. The molecule has 1 amide bonds. The van der Waals surface area contributed by atoms with Gasteiger partial charge in [0.2, 0.25) is 0 Å². The van der Waals surface area contributed by atoms with Crippen molar-refractivity contribution < 1.29 is 14.5 Å². The molecule has 7 heteroatoms. The molecular weight excluding hydrogens is 422 g/mol. The number of thioether (sulfide) groups is 1. The Balaban J connectivity index is 1.31. The van der Waals surface area contributed by atoms with Gasteiger partial charge < -0.3 is 4.84 Å². The maximum atomic E-state index is 12.2. The first kappa shape index (κ1) is 22.7. The molecule has 0 bridgehead atoms. The summed E-state index contributed by atoms with van der Waals surface area (Å²) in [5.74, 6) is 0. The number of hydrogen-bond donors (Lipinski definition) is 2. The van der Waals surface area contributed by atoms with Crippen LogP contribution in [-0.4, -0.2) is 36.1 Å². The van der Waals surface area contributed by atoms with E-state index >= 15 is 0 Å². The van der Waals surface area contributed by atoms with E-state index in [1.54, 1.807) is 16.8 Å². The third kappa shape index (κ3) is 5.28. The van der Waals surface area contributed by atoms with Crippen LogP contribution in [0.1, 0.15) is 44.7 Å². The molecule has 0 radical (unpaired) electrons. The molecule has 2 aromatic carbocycles. The summed E-state index contributed by atoms with van der Waals surface area (Å²) in [6.07, 6.45) is 5.19. The van der Waals surface area contributed by atoms with Crippen LogP contribution in [0, 0.1) is 0 Å². The van der Waals surface area contributed by atoms with Gasteiger partial charge in [-0.25, -0.2) is 4.79 Å². The first-order chi connectivity index (χ1) is 15.3. The van der Waals surface area contributed by atoms with Gasteiger partial charge in [0.05, 0.1) is 5.70 Å². The quantitative estimate of drug-likeness (QED) is 0.589. The maximum Gasteiger partial charge on any atom is 0.430 e. The normalized spacial score (nSPS) is 18.2. The number of nitrogens with zero attached hydrogens (tertiary/aromatic N) is 1. The molecule has 1 saturated heterocycles. The smallest absolute Gasteiger partial charge is 0.351 e. The zero-order chi connectivity index (χ0) is 22.8. The van der Waals surface area contributed by atoms with E-state index in [-0.39, 0.29) is 11.0 Å². The number of hydroxylamine groups is 3. The van der Waals surface area contributed by atoms with E-state index in [4.69, 9.17) is 9.68 Å². The second-order valence-electron chi connectivity index (χ2n) is 9.32. The van der Waals surface area contributed by atoms with Gasteiger partial charge in [-0.15, -0.1) is 16.8 Å². The summed E-state index contributed by atoms with van der Waals surface area (Å²) in [5.41, 5.74) is 6.99. The highest BCUT2D eigenvalue weighted by molar-refractivity contribution is 7.98. The van der Waals surface area contributed by atoms with Crippen molar-refractivity contribution in [2.45, 2.75) is 49.5 Å². The summed E-state index contributed by atoms with van der Waals surface area (Å²) in [6, 6.07) is 16.3. The SMILES string of the molecule is CSc1ccc(NC(=O)ON2CCC3(C=C(c4ccc(C(C)(C)C)cc4)NO3)CC2)cc1. The summed E-state index contributed by atoms with van der Waals surface area (Å²) in [4.78, 5) is 24.9.